The van der Waals surface area contributed by atoms with Gasteiger partial charge in [-0.3, -0.25) is 9.59 Å². The fraction of sp³-hybridized carbons (Fsp3) is 0.778. The Hall–Kier alpha value is -1.06. The van der Waals surface area contributed by atoms with Crippen molar-refractivity contribution in [2.45, 2.75) is 32.1 Å². The van der Waals surface area contributed by atoms with Crippen LogP contribution in [0.2, 0.25) is 0 Å². The van der Waals surface area contributed by atoms with Crippen LogP contribution in [0.5, 0.6) is 0 Å². The van der Waals surface area contributed by atoms with Gasteiger partial charge in [-0.15, -0.1) is 0 Å². The van der Waals surface area contributed by atoms with Crippen molar-refractivity contribution in [2.24, 2.45) is 11.8 Å². The van der Waals surface area contributed by atoms with Crippen molar-refractivity contribution in [3.05, 3.63) is 0 Å². The van der Waals surface area contributed by atoms with Gasteiger partial charge in [0.05, 0.1) is 5.92 Å². The molecule has 1 rings (SSSR count). The molecular formula is C9H14O4. The molecule has 0 aromatic rings. The van der Waals surface area contributed by atoms with E-state index in [2.05, 4.69) is 0 Å². The number of rotatable bonds is 3. The Morgan fingerprint density at radius 2 is 1.77 bits per heavy atom. The van der Waals surface area contributed by atoms with Gasteiger partial charge in [0.2, 0.25) is 0 Å². The Bertz CT molecular complexity index is 212. The van der Waals surface area contributed by atoms with Crippen LogP contribution in [0, 0.1) is 11.8 Å². The topological polar surface area (TPSA) is 74.6 Å². The van der Waals surface area contributed by atoms with Crippen LogP contribution in [0.4, 0.5) is 0 Å². The summed E-state index contributed by atoms with van der Waals surface area (Å²) in [6, 6.07) is 0. The van der Waals surface area contributed by atoms with Crippen LogP contribution in [-0.2, 0) is 9.59 Å². The Morgan fingerprint density at radius 3 is 2.31 bits per heavy atom. The molecule has 0 unspecified atom stereocenters. The van der Waals surface area contributed by atoms with E-state index in [9.17, 15) is 9.59 Å². The molecule has 74 valence electrons. The van der Waals surface area contributed by atoms with Crippen LogP contribution < -0.4 is 0 Å². The van der Waals surface area contributed by atoms with Crippen molar-refractivity contribution in [3.8, 4) is 0 Å². The SMILES string of the molecule is O=C(O)C[C@@H]1CCCC[C@H]1C(=O)O. The molecule has 0 amide bonds. The lowest BCUT2D eigenvalue weighted by atomic mass is 9.77. The molecule has 0 heterocycles. The summed E-state index contributed by atoms with van der Waals surface area (Å²) < 4.78 is 0. The maximum atomic E-state index is 10.8. The molecule has 13 heavy (non-hydrogen) atoms. The summed E-state index contributed by atoms with van der Waals surface area (Å²) in [6.07, 6.45) is 3.24. The molecule has 0 radical (unpaired) electrons. The molecule has 0 aromatic carbocycles. The van der Waals surface area contributed by atoms with E-state index in [-0.39, 0.29) is 12.3 Å². The zero-order valence-corrected chi connectivity index (χ0v) is 7.40. The lowest BCUT2D eigenvalue weighted by Gasteiger charge is -2.26. The average molecular weight is 186 g/mol. The predicted molar refractivity (Wildman–Crippen MR) is 45.3 cm³/mol. The molecule has 1 aliphatic rings. The van der Waals surface area contributed by atoms with E-state index in [4.69, 9.17) is 10.2 Å². The highest BCUT2D eigenvalue weighted by Gasteiger charge is 2.31. The quantitative estimate of drug-likeness (QED) is 0.697. The summed E-state index contributed by atoms with van der Waals surface area (Å²) in [7, 11) is 0. The molecule has 0 saturated heterocycles. The number of carbonyl (C=O) groups is 2. The number of carboxylic acid groups (broad SMARTS) is 2. The maximum absolute atomic E-state index is 10.8. The van der Waals surface area contributed by atoms with Crippen LogP contribution in [0.1, 0.15) is 32.1 Å². The highest BCUT2D eigenvalue weighted by Crippen LogP contribution is 2.32. The first kappa shape index (κ1) is 10.0. The minimum Gasteiger partial charge on any atom is -0.481 e. The van der Waals surface area contributed by atoms with E-state index in [0.29, 0.717) is 6.42 Å². The molecule has 0 spiro atoms. The van der Waals surface area contributed by atoms with Gasteiger partial charge in [-0.25, -0.2) is 0 Å². The molecule has 1 saturated carbocycles. The summed E-state index contributed by atoms with van der Waals surface area (Å²) in [5, 5.41) is 17.4. The molecule has 2 N–H and O–H groups in total. The first-order valence-corrected chi connectivity index (χ1v) is 4.56. The van der Waals surface area contributed by atoms with Gasteiger partial charge >= 0.3 is 11.9 Å². The van der Waals surface area contributed by atoms with Gasteiger partial charge in [-0.1, -0.05) is 12.8 Å². The second-order valence-corrected chi connectivity index (χ2v) is 3.59. The molecule has 0 aromatic heterocycles. The van der Waals surface area contributed by atoms with Crippen molar-refractivity contribution < 1.29 is 19.8 Å². The average Bonchev–Trinajstić information content (AvgIpc) is 2.03. The van der Waals surface area contributed by atoms with E-state index in [1.165, 1.54) is 0 Å². The van der Waals surface area contributed by atoms with Gasteiger partial charge in [0.15, 0.2) is 0 Å². The summed E-state index contributed by atoms with van der Waals surface area (Å²) in [5.74, 6) is -2.34. The second kappa shape index (κ2) is 4.25. The smallest absolute Gasteiger partial charge is 0.306 e. The Labute approximate surface area is 76.6 Å². The highest BCUT2D eigenvalue weighted by molar-refractivity contribution is 5.73. The fourth-order valence-corrected chi connectivity index (χ4v) is 2.00. The third kappa shape index (κ3) is 2.72. The first-order valence-electron chi connectivity index (χ1n) is 4.56. The molecular weight excluding hydrogens is 172 g/mol. The third-order valence-corrected chi connectivity index (χ3v) is 2.66. The van der Waals surface area contributed by atoms with E-state index in [0.717, 1.165) is 19.3 Å². The van der Waals surface area contributed by atoms with Crippen molar-refractivity contribution in [3.63, 3.8) is 0 Å². The van der Waals surface area contributed by atoms with E-state index >= 15 is 0 Å². The highest BCUT2D eigenvalue weighted by atomic mass is 16.4. The van der Waals surface area contributed by atoms with Gasteiger partial charge in [-0.2, -0.15) is 0 Å². The predicted octanol–water partition coefficient (Wildman–Crippen LogP) is 1.35. The van der Waals surface area contributed by atoms with E-state index < -0.39 is 17.9 Å². The van der Waals surface area contributed by atoms with Gasteiger partial charge < -0.3 is 10.2 Å². The lowest BCUT2D eigenvalue weighted by Crippen LogP contribution is -2.28. The minimum absolute atomic E-state index is 0.00301. The molecule has 1 aliphatic carbocycles. The maximum Gasteiger partial charge on any atom is 0.306 e. The van der Waals surface area contributed by atoms with Crippen molar-refractivity contribution in [2.75, 3.05) is 0 Å². The number of hydrogen-bond acceptors (Lipinski definition) is 2. The second-order valence-electron chi connectivity index (χ2n) is 3.59. The largest absolute Gasteiger partial charge is 0.481 e. The van der Waals surface area contributed by atoms with Crippen molar-refractivity contribution >= 4 is 11.9 Å². The standard InChI is InChI=1S/C9H14O4/c10-8(11)5-6-3-1-2-4-7(6)9(12)13/h6-7H,1-5H2,(H,10,11)(H,12,13)/t6-,7+/m0/s1. The minimum atomic E-state index is -0.891. The van der Waals surface area contributed by atoms with Crippen molar-refractivity contribution in [1.82, 2.24) is 0 Å². The zero-order valence-electron chi connectivity index (χ0n) is 7.40. The molecule has 2 atom stereocenters. The normalized spacial score (nSPS) is 28.3. The molecule has 0 aliphatic heterocycles. The molecule has 4 heteroatoms. The molecule has 4 nitrogen and oxygen atoms in total. The van der Waals surface area contributed by atoms with E-state index in [1.807, 2.05) is 0 Å². The Balaban J connectivity index is 2.56. The van der Waals surface area contributed by atoms with Gasteiger partial charge in [0.25, 0.3) is 0 Å². The van der Waals surface area contributed by atoms with Crippen molar-refractivity contribution in [1.29, 1.82) is 0 Å². The van der Waals surface area contributed by atoms with Crippen LogP contribution in [0.15, 0.2) is 0 Å². The Kier molecular flexibility index (Phi) is 3.28. The first-order chi connectivity index (χ1) is 6.11. The van der Waals surface area contributed by atoms with Crippen LogP contribution in [0.25, 0.3) is 0 Å². The van der Waals surface area contributed by atoms with Gasteiger partial charge in [-0.05, 0) is 18.8 Å². The van der Waals surface area contributed by atoms with Gasteiger partial charge in [0, 0.05) is 6.42 Å². The fourth-order valence-electron chi connectivity index (χ4n) is 2.00. The number of hydrogen-bond donors (Lipinski definition) is 2. The van der Waals surface area contributed by atoms with Crippen LogP contribution >= 0.6 is 0 Å². The van der Waals surface area contributed by atoms with Crippen LogP contribution in [-0.4, -0.2) is 22.2 Å². The molecule has 0 bridgehead atoms. The monoisotopic (exact) mass is 186 g/mol. The molecule has 1 fully saturated rings. The zero-order chi connectivity index (χ0) is 9.84. The third-order valence-electron chi connectivity index (χ3n) is 2.66. The number of carboxylic acids is 2. The summed E-state index contributed by atoms with van der Waals surface area (Å²) in [4.78, 5) is 21.2. The lowest BCUT2D eigenvalue weighted by molar-refractivity contribution is -0.146. The Morgan fingerprint density at radius 1 is 1.15 bits per heavy atom. The van der Waals surface area contributed by atoms with Gasteiger partial charge in [0.1, 0.15) is 0 Å². The summed E-state index contributed by atoms with van der Waals surface area (Å²) >= 11 is 0. The van der Waals surface area contributed by atoms with E-state index in [1.54, 1.807) is 0 Å². The summed E-state index contributed by atoms with van der Waals surface area (Å²) in [6.45, 7) is 0. The summed E-state index contributed by atoms with van der Waals surface area (Å²) in [5.41, 5.74) is 0. The number of aliphatic carboxylic acids is 2. The van der Waals surface area contributed by atoms with Crippen LogP contribution in [0.3, 0.4) is 0 Å².